The summed E-state index contributed by atoms with van der Waals surface area (Å²) in [5, 5.41) is 9.41. The highest BCUT2D eigenvalue weighted by Gasteiger charge is 2.16. The molecule has 0 aliphatic carbocycles. The van der Waals surface area contributed by atoms with Crippen LogP contribution in [0.4, 0.5) is 0 Å². The van der Waals surface area contributed by atoms with Crippen molar-refractivity contribution in [3.05, 3.63) is 63.9 Å². The predicted octanol–water partition coefficient (Wildman–Crippen LogP) is 3.48. The van der Waals surface area contributed by atoms with E-state index in [4.69, 9.17) is 16.1 Å². The molecule has 1 aromatic carbocycles. The number of halogens is 1. The Hall–Kier alpha value is -2.65. The summed E-state index contributed by atoms with van der Waals surface area (Å²) >= 11 is 7.78. The van der Waals surface area contributed by atoms with Gasteiger partial charge in [-0.05, 0) is 30.9 Å². The minimum atomic E-state index is -0.228. The molecule has 8 nitrogen and oxygen atoms in total. The molecule has 1 unspecified atom stereocenters. The van der Waals surface area contributed by atoms with Crippen LogP contribution >= 0.6 is 23.4 Å². The van der Waals surface area contributed by atoms with Gasteiger partial charge in [0.2, 0.25) is 5.89 Å². The summed E-state index contributed by atoms with van der Waals surface area (Å²) in [6.45, 7) is 4.25. The van der Waals surface area contributed by atoms with Gasteiger partial charge in [-0.3, -0.25) is 9.36 Å². The van der Waals surface area contributed by atoms with E-state index in [2.05, 4.69) is 27.1 Å². The second kappa shape index (κ2) is 7.76. The first-order valence-electron chi connectivity index (χ1n) is 8.70. The van der Waals surface area contributed by atoms with Crippen molar-refractivity contribution in [3.8, 4) is 5.69 Å². The number of thioether (sulfide) groups is 1. The number of aromatic nitrogens is 6. The Morgan fingerprint density at radius 2 is 2.21 bits per heavy atom. The summed E-state index contributed by atoms with van der Waals surface area (Å²) in [5.74, 6) is 1.95. The fraction of sp³-hybridized carbons (Fsp3) is 0.278. The summed E-state index contributed by atoms with van der Waals surface area (Å²) in [6, 6.07) is 7.20. The van der Waals surface area contributed by atoms with Crippen LogP contribution in [-0.4, -0.2) is 35.2 Å². The summed E-state index contributed by atoms with van der Waals surface area (Å²) < 4.78 is 8.31. The average Bonchev–Trinajstić information content (AvgIpc) is 3.32. The maximum absolute atomic E-state index is 12.8. The Labute approximate surface area is 169 Å². The molecular weight excluding hydrogens is 400 g/mol. The number of fused-ring (bicyclic) bond motifs is 1. The number of hydrogen-bond donors (Lipinski definition) is 0. The zero-order valence-electron chi connectivity index (χ0n) is 15.2. The number of benzene rings is 1. The third-order valence-electron chi connectivity index (χ3n) is 4.18. The minimum Gasteiger partial charge on any atom is -0.337 e. The average molecular weight is 417 g/mol. The number of rotatable bonds is 6. The normalized spacial score (nSPS) is 12.5. The number of nitrogens with zero attached hydrogens (tertiary/aromatic N) is 6. The molecule has 0 aliphatic heterocycles. The lowest BCUT2D eigenvalue weighted by atomic mass is 10.3. The van der Waals surface area contributed by atoms with E-state index in [0.29, 0.717) is 27.8 Å². The van der Waals surface area contributed by atoms with E-state index in [9.17, 15) is 4.79 Å². The fourth-order valence-corrected chi connectivity index (χ4v) is 3.76. The third kappa shape index (κ3) is 3.55. The maximum atomic E-state index is 12.8. The summed E-state index contributed by atoms with van der Waals surface area (Å²) in [6.07, 6.45) is 2.96. The van der Waals surface area contributed by atoms with Crippen LogP contribution in [0.5, 0.6) is 0 Å². The first-order valence-corrected chi connectivity index (χ1v) is 10.1. The molecule has 0 saturated heterocycles. The van der Waals surface area contributed by atoms with Gasteiger partial charge in [0.15, 0.2) is 11.5 Å². The largest absolute Gasteiger partial charge is 0.337 e. The monoisotopic (exact) mass is 416 g/mol. The van der Waals surface area contributed by atoms with Gasteiger partial charge in [0, 0.05) is 5.02 Å². The van der Waals surface area contributed by atoms with Crippen LogP contribution in [0.25, 0.3) is 16.7 Å². The Morgan fingerprint density at radius 1 is 1.36 bits per heavy atom. The standard InChI is InChI=1S/C18H17ClN6O2S/c1-3-28-11(2)16-22-15(27-23-16)9-24-10-20-17-14(18(24)26)8-21-25(17)13-6-4-5-12(19)7-13/h4-8,10-11H,3,9H2,1-2H3. The summed E-state index contributed by atoms with van der Waals surface area (Å²) in [5.41, 5.74) is 0.966. The van der Waals surface area contributed by atoms with Gasteiger partial charge in [0.1, 0.15) is 18.3 Å². The van der Waals surface area contributed by atoms with E-state index < -0.39 is 0 Å². The van der Waals surface area contributed by atoms with Crippen molar-refractivity contribution in [1.82, 2.24) is 29.5 Å². The van der Waals surface area contributed by atoms with E-state index in [0.717, 1.165) is 11.4 Å². The van der Waals surface area contributed by atoms with Crippen molar-refractivity contribution in [2.45, 2.75) is 25.6 Å². The first kappa shape index (κ1) is 18.7. The lowest BCUT2D eigenvalue weighted by Crippen LogP contribution is -2.21. The topological polar surface area (TPSA) is 91.6 Å². The molecule has 0 amide bonds. The zero-order chi connectivity index (χ0) is 19.7. The lowest BCUT2D eigenvalue weighted by Gasteiger charge is -2.05. The van der Waals surface area contributed by atoms with E-state index >= 15 is 0 Å². The SMILES string of the molecule is CCSC(C)c1noc(Cn2cnc3c(cnn3-c3cccc(Cl)c3)c2=O)n1. The molecule has 144 valence electrons. The van der Waals surface area contributed by atoms with E-state index in [1.807, 2.05) is 19.1 Å². The Morgan fingerprint density at radius 3 is 3.00 bits per heavy atom. The van der Waals surface area contributed by atoms with Crippen LogP contribution in [0.15, 0.2) is 46.1 Å². The molecule has 0 spiro atoms. The predicted molar refractivity (Wildman–Crippen MR) is 108 cm³/mol. The molecule has 0 saturated carbocycles. The molecule has 28 heavy (non-hydrogen) atoms. The van der Waals surface area contributed by atoms with Gasteiger partial charge in [0.25, 0.3) is 5.56 Å². The quantitative estimate of drug-likeness (QED) is 0.475. The summed E-state index contributed by atoms with van der Waals surface area (Å²) in [7, 11) is 0. The van der Waals surface area contributed by atoms with Crippen LogP contribution < -0.4 is 5.56 Å². The second-order valence-electron chi connectivity index (χ2n) is 6.10. The molecule has 10 heteroatoms. The van der Waals surface area contributed by atoms with E-state index in [1.54, 1.807) is 28.6 Å². The minimum absolute atomic E-state index is 0.135. The van der Waals surface area contributed by atoms with Gasteiger partial charge in [-0.1, -0.05) is 29.7 Å². The third-order valence-corrected chi connectivity index (χ3v) is 5.46. The van der Waals surface area contributed by atoms with Crippen LogP contribution in [0.1, 0.15) is 30.8 Å². The molecule has 0 radical (unpaired) electrons. The molecule has 4 aromatic rings. The van der Waals surface area contributed by atoms with Crippen molar-refractivity contribution in [2.75, 3.05) is 5.75 Å². The highest BCUT2D eigenvalue weighted by atomic mass is 35.5. The highest BCUT2D eigenvalue weighted by molar-refractivity contribution is 7.99. The van der Waals surface area contributed by atoms with Crippen LogP contribution in [0.2, 0.25) is 5.02 Å². The Balaban J connectivity index is 1.65. The first-order chi connectivity index (χ1) is 13.6. The van der Waals surface area contributed by atoms with Crippen molar-refractivity contribution in [2.24, 2.45) is 0 Å². The van der Waals surface area contributed by atoms with Gasteiger partial charge in [0.05, 0.1) is 17.1 Å². The smallest absolute Gasteiger partial charge is 0.264 e. The Bertz CT molecular complexity index is 1180. The molecule has 3 aromatic heterocycles. The van der Waals surface area contributed by atoms with Gasteiger partial charge < -0.3 is 4.52 Å². The van der Waals surface area contributed by atoms with Crippen LogP contribution in [0, 0.1) is 0 Å². The van der Waals surface area contributed by atoms with E-state index in [1.165, 1.54) is 17.1 Å². The van der Waals surface area contributed by atoms with Gasteiger partial charge in [-0.15, -0.1) is 0 Å². The van der Waals surface area contributed by atoms with Gasteiger partial charge in [-0.2, -0.15) is 21.8 Å². The number of hydrogen-bond acceptors (Lipinski definition) is 7. The van der Waals surface area contributed by atoms with Gasteiger partial charge in [-0.25, -0.2) is 9.67 Å². The van der Waals surface area contributed by atoms with Crippen molar-refractivity contribution in [1.29, 1.82) is 0 Å². The molecule has 3 heterocycles. The molecule has 1 atom stereocenters. The van der Waals surface area contributed by atoms with E-state index in [-0.39, 0.29) is 17.4 Å². The van der Waals surface area contributed by atoms with Crippen molar-refractivity contribution < 1.29 is 4.52 Å². The molecular formula is C18H17ClN6O2S. The highest BCUT2D eigenvalue weighted by Crippen LogP contribution is 2.25. The lowest BCUT2D eigenvalue weighted by molar-refractivity contribution is 0.364. The summed E-state index contributed by atoms with van der Waals surface area (Å²) in [4.78, 5) is 21.6. The maximum Gasteiger partial charge on any atom is 0.264 e. The molecule has 0 bridgehead atoms. The van der Waals surface area contributed by atoms with Crippen LogP contribution in [-0.2, 0) is 6.54 Å². The van der Waals surface area contributed by atoms with Crippen molar-refractivity contribution in [3.63, 3.8) is 0 Å². The zero-order valence-corrected chi connectivity index (χ0v) is 16.8. The molecule has 0 fully saturated rings. The molecule has 0 aliphatic rings. The molecule has 4 rings (SSSR count). The second-order valence-corrected chi connectivity index (χ2v) is 8.15. The molecule has 0 N–H and O–H groups in total. The van der Waals surface area contributed by atoms with Crippen LogP contribution in [0.3, 0.4) is 0 Å². The van der Waals surface area contributed by atoms with Crippen molar-refractivity contribution >= 4 is 34.4 Å². The van der Waals surface area contributed by atoms with Gasteiger partial charge >= 0.3 is 0 Å². The fourth-order valence-electron chi connectivity index (χ4n) is 2.83. The Kier molecular flexibility index (Phi) is 5.19.